The molecule has 2 aliphatic rings. The zero-order chi connectivity index (χ0) is 18.1. The van der Waals surface area contributed by atoms with Crippen LogP contribution in [0.1, 0.15) is 52.9 Å². The maximum atomic E-state index is 4.37. The van der Waals surface area contributed by atoms with Gasteiger partial charge >= 0.3 is 0 Å². The number of halogens is 1. The van der Waals surface area contributed by atoms with Gasteiger partial charge in [0.15, 0.2) is 5.96 Å². The van der Waals surface area contributed by atoms with Crippen LogP contribution in [0.15, 0.2) is 4.99 Å². The summed E-state index contributed by atoms with van der Waals surface area (Å²) in [5.41, 5.74) is 0. The second kappa shape index (κ2) is 13.2. The average Bonchev–Trinajstić information content (AvgIpc) is 3.04. The second-order valence-electron chi connectivity index (χ2n) is 8.22. The summed E-state index contributed by atoms with van der Waals surface area (Å²) in [7, 11) is 1.87. The Balaban J connectivity index is 0.00000338. The molecule has 0 amide bonds. The topological polar surface area (TPSA) is 42.9 Å². The van der Waals surface area contributed by atoms with Crippen molar-refractivity contribution >= 4 is 29.9 Å². The van der Waals surface area contributed by atoms with Crippen LogP contribution >= 0.6 is 24.0 Å². The van der Waals surface area contributed by atoms with Gasteiger partial charge in [-0.25, -0.2) is 0 Å². The van der Waals surface area contributed by atoms with Gasteiger partial charge in [0.05, 0.1) is 0 Å². The average molecular weight is 479 g/mol. The van der Waals surface area contributed by atoms with Gasteiger partial charge in [0.1, 0.15) is 0 Å². The van der Waals surface area contributed by atoms with Crippen LogP contribution in [0.25, 0.3) is 0 Å². The van der Waals surface area contributed by atoms with Crippen LogP contribution in [0, 0.1) is 11.8 Å². The van der Waals surface area contributed by atoms with Crippen LogP contribution in [0.4, 0.5) is 0 Å². The number of piperidine rings is 1. The van der Waals surface area contributed by atoms with Crippen molar-refractivity contribution in [2.75, 3.05) is 52.9 Å². The Morgan fingerprint density at radius 2 is 1.85 bits per heavy atom. The summed E-state index contributed by atoms with van der Waals surface area (Å²) in [6.45, 7) is 15.3. The molecular formula is C20H42IN5. The van der Waals surface area contributed by atoms with Crippen molar-refractivity contribution < 1.29 is 0 Å². The Morgan fingerprint density at radius 3 is 2.50 bits per heavy atom. The van der Waals surface area contributed by atoms with Crippen molar-refractivity contribution in [1.82, 2.24) is 20.4 Å². The molecular weight excluding hydrogens is 437 g/mol. The summed E-state index contributed by atoms with van der Waals surface area (Å²) in [4.78, 5) is 9.60. The standard InChI is InChI=1S/C20H41N5.HI/c1-5-25-12-8-9-19(25)14-23-20(21-4)22-10-6-7-11-24-15-17(2)13-18(3)16-24;/h17-19H,5-16H2,1-4H3,(H2,21,22,23);1H. The lowest BCUT2D eigenvalue weighted by atomic mass is 9.92. The molecule has 154 valence electrons. The van der Waals surface area contributed by atoms with E-state index in [4.69, 9.17) is 0 Å². The number of nitrogens with zero attached hydrogens (tertiary/aromatic N) is 3. The van der Waals surface area contributed by atoms with E-state index in [0.29, 0.717) is 6.04 Å². The molecule has 0 aromatic rings. The number of guanidine groups is 1. The van der Waals surface area contributed by atoms with Gasteiger partial charge in [-0.1, -0.05) is 20.8 Å². The van der Waals surface area contributed by atoms with Crippen molar-refractivity contribution in [3.05, 3.63) is 0 Å². The van der Waals surface area contributed by atoms with Crippen LogP contribution in [-0.2, 0) is 0 Å². The minimum atomic E-state index is 0. The molecule has 2 rings (SSSR count). The maximum absolute atomic E-state index is 4.37. The van der Waals surface area contributed by atoms with Crippen LogP contribution in [0.5, 0.6) is 0 Å². The molecule has 6 heteroatoms. The number of hydrogen-bond acceptors (Lipinski definition) is 3. The largest absolute Gasteiger partial charge is 0.356 e. The van der Waals surface area contributed by atoms with E-state index >= 15 is 0 Å². The monoisotopic (exact) mass is 479 g/mol. The third-order valence-electron chi connectivity index (χ3n) is 5.77. The number of likely N-dealkylation sites (N-methyl/N-ethyl adjacent to an activating group) is 1. The van der Waals surface area contributed by atoms with E-state index in [0.717, 1.165) is 37.4 Å². The van der Waals surface area contributed by atoms with E-state index < -0.39 is 0 Å². The fourth-order valence-corrected chi connectivity index (χ4v) is 4.62. The second-order valence-corrected chi connectivity index (χ2v) is 8.22. The molecule has 0 spiro atoms. The number of hydrogen-bond donors (Lipinski definition) is 2. The highest BCUT2D eigenvalue weighted by Gasteiger charge is 2.23. The van der Waals surface area contributed by atoms with E-state index in [2.05, 4.69) is 46.2 Å². The highest BCUT2D eigenvalue weighted by molar-refractivity contribution is 14.0. The fraction of sp³-hybridized carbons (Fsp3) is 0.950. The molecule has 2 aliphatic heterocycles. The van der Waals surface area contributed by atoms with Gasteiger partial charge in [-0.15, -0.1) is 24.0 Å². The number of aliphatic imine (C=N–C) groups is 1. The molecule has 2 saturated heterocycles. The summed E-state index contributed by atoms with van der Waals surface area (Å²) < 4.78 is 0. The van der Waals surface area contributed by atoms with Crippen LogP contribution in [-0.4, -0.2) is 74.7 Å². The zero-order valence-corrected chi connectivity index (χ0v) is 19.8. The SMILES string of the molecule is CCN1CCCC1CNC(=NC)NCCCCN1CC(C)CC(C)C1.I. The van der Waals surface area contributed by atoms with Gasteiger partial charge in [-0.3, -0.25) is 9.89 Å². The van der Waals surface area contributed by atoms with Crippen molar-refractivity contribution in [2.24, 2.45) is 16.8 Å². The molecule has 3 atom stereocenters. The van der Waals surface area contributed by atoms with Gasteiger partial charge in [0.25, 0.3) is 0 Å². The Bertz CT molecular complexity index is 394. The Hall–Kier alpha value is -0.0800. The molecule has 0 radical (unpaired) electrons. The van der Waals surface area contributed by atoms with Crippen molar-refractivity contribution in [3.63, 3.8) is 0 Å². The quantitative estimate of drug-likeness (QED) is 0.243. The van der Waals surface area contributed by atoms with E-state index in [-0.39, 0.29) is 24.0 Å². The third kappa shape index (κ3) is 8.30. The van der Waals surface area contributed by atoms with Crippen LogP contribution in [0.3, 0.4) is 0 Å². The van der Waals surface area contributed by atoms with Gasteiger partial charge in [-0.05, 0) is 63.6 Å². The minimum absolute atomic E-state index is 0. The lowest BCUT2D eigenvalue weighted by Gasteiger charge is -2.34. The number of likely N-dealkylation sites (tertiary alicyclic amines) is 2. The number of rotatable bonds is 8. The minimum Gasteiger partial charge on any atom is -0.356 e. The highest BCUT2D eigenvalue weighted by Crippen LogP contribution is 2.21. The van der Waals surface area contributed by atoms with Gasteiger partial charge in [0, 0.05) is 39.3 Å². The molecule has 5 nitrogen and oxygen atoms in total. The van der Waals surface area contributed by atoms with E-state index in [1.54, 1.807) is 0 Å². The third-order valence-corrected chi connectivity index (χ3v) is 5.77. The Morgan fingerprint density at radius 1 is 1.12 bits per heavy atom. The summed E-state index contributed by atoms with van der Waals surface area (Å²) in [5.74, 6) is 2.69. The van der Waals surface area contributed by atoms with Crippen LogP contribution in [0.2, 0.25) is 0 Å². The van der Waals surface area contributed by atoms with Crippen LogP contribution < -0.4 is 10.6 Å². The Kier molecular flexibility index (Phi) is 12.1. The van der Waals surface area contributed by atoms with E-state index in [1.807, 2.05) is 7.05 Å². The first-order valence-electron chi connectivity index (χ1n) is 10.5. The first-order valence-corrected chi connectivity index (χ1v) is 10.5. The van der Waals surface area contributed by atoms with Gasteiger partial charge in [0.2, 0.25) is 0 Å². The number of nitrogens with one attached hydrogen (secondary N) is 2. The zero-order valence-electron chi connectivity index (χ0n) is 17.5. The normalized spacial score (nSPS) is 28.0. The molecule has 0 bridgehead atoms. The molecule has 0 aromatic carbocycles. The molecule has 0 saturated carbocycles. The molecule has 2 heterocycles. The predicted molar refractivity (Wildman–Crippen MR) is 124 cm³/mol. The molecule has 2 fully saturated rings. The molecule has 0 aliphatic carbocycles. The highest BCUT2D eigenvalue weighted by atomic mass is 127. The maximum Gasteiger partial charge on any atom is 0.191 e. The van der Waals surface area contributed by atoms with Crippen molar-refractivity contribution in [2.45, 2.75) is 58.9 Å². The summed E-state index contributed by atoms with van der Waals surface area (Å²) in [6, 6.07) is 0.673. The molecule has 3 unspecified atom stereocenters. The summed E-state index contributed by atoms with van der Waals surface area (Å²) >= 11 is 0. The first-order chi connectivity index (χ1) is 12.1. The first kappa shape index (κ1) is 24.0. The summed E-state index contributed by atoms with van der Waals surface area (Å²) in [5, 5.41) is 7.00. The smallest absolute Gasteiger partial charge is 0.191 e. The van der Waals surface area contributed by atoms with Gasteiger partial charge < -0.3 is 15.5 Å². The lowest BCUT2D eigenvalue weighted by molar-refractivity contribution is 0.139. The van der Waals surface area contributed by atoms with E-state index in [1.165, 1.54) is 58.3 Å². The number of unbranched alkanes of at least 4 members (excludes halogenated alkanes) is 1. The fourth-order valence-electron chi connectivity index (χ4n) is 4.62. The van der Waals surface area contributed by atoms with Crippen molar-refractivity contribution in [1.29, 1.82) is 0 Å². The Labute approximate surface area is 178 Å². The molecule has 2 N–H and O–H groups in total. The molecule has 0 aromatic heterocycles. The van der Waals surface area contributed by atoms with E-state index in [9.17, 15) is 0 Å². The summed E-state index contributed by atoms with van der Waals surface area (Å²) in [6.07, 6.45) is 6.53. The van der Waals surface area contributed by atoms with Gasteiger partial charge in [-0.2, -0.15) is 0 Å². The molecule has 26 heavy (non-hydrogen) atoms. The lowest BCUT2D eigenvalue weighted by Crippen LogP contribution is -2.45. The predicted octanol–water partition coefficient (Wildman–Crippen LogP) is 3.01. The van der Waals surface area contributed by atoms with Crippen molar-refractivity contribution in [3.8, 4) is 0 Å².